The molecule has 0 saturated heterocycles. The van der Waals surface area contributed by atoms with Crippen LogP contribution in [0.15, 0.2) is 35.1 Å². The highest BCUT2D eigenvalue weighted by molar-refractivity contribution is 7.19. The van der Waals surface area contributed by atoms with E-state index in [2.05, 4.69) is 4.98 Å². The second kappa shape index (κ2) is 6.57. The Kier molecular flexibility index (Phi) is 4.49. The van der Waals surface area contributed by atoms with E-state index < -0.39 is 5.91 Å². The summed E-state index contributed by atoms with van der Waals surface area (Å²) in [5.41, 5.74) is 7.09. The molecule has 124 valence electrons. The Morgan fingerprint density at radius 2 is 2.00 bits per heavy atom. The van der Waals surface area contributed by atoms with Gasteiger partial charge in [0, 0.05) is 29.8 Å². The van der Waals surface area contributed by atoms with Gasteiger partial charge in [0.25, 0.3) is 5.56 Å². The highest BCUT2D eigenvalue weighted by Gasteiger charge is 2.19. The summed E-state index contributed by atoms with van der Waals surface area (Å²) < 4.78 is 1.59. The van der Waals surface area contributed by atoms with Crippen molar-refractivity contribution in [1.29, 1.82) is 0 Å². The van der Waals surface area contributed by atoms with Gasteiger partial charge in [-0.3, -0.25) is 14.2 Å². The maximum absolute atomic E-state index is 13.1. The zero-order valence-electron chi connectivity index (χ0n) is 13.7. The van der Waals surface area contributed by atoms with Crippen LogP contribution in [0, 0.1) is 6.92 Å². The van der Waals surface area contributed by atoms with E-state index in [-0.39, 0.29) is 18.5 Å². The van der Waals surface area contributed by atoms with Crippen LogP contribution in [0.2, 0.25) is 0 Å². The van der Waals surface area contributed by atoms with Crippen molar-refractivity contribution in [3.05, 3.63) is 51.4 Å². The largest absolute Gasteiger partial charge is 0.370 e. The number of benzene rings is 1. The number of carbonyl (C=O) groups excluding carboxylic acids is 1. The van der Waals surface area contributed by atoms with Crippen LogP contribution in [0.1, 0.15) is 24.0 Å². The van der Waals surface area contributed by atoms with Crippen LogP contribution in [0.5, 0.6) is 0 Å². The van der Waals surface area contributed by atoms with Crippen molar-refractivity contribution in [1.82, 2.24) is 9.55 Å². The van der Waals surface area contributed by atoms with E-state index in [0.29, 0.717) is 17.6 Å². The Balaban J connectivity index is 2.28. The van der Waals surface area contributed by atoms with Gasteiger partial charge in [0.2, 0.25) is 5.91 Å². The molecule has 1 amide bonds. The van der Waals surface area contributed by atoms with Gasteiger partial charge in [0.1, 0.15) is 10.7 Å². The number of amides is 1. The number of fused-ring (bicyclic) bond motifs is 1. The summed E-state index contributed by atoms with van der Waals surface area (Å²) in [5, 5.41) is 0.630. The SMILES string of the molecule is CCc1nc2sc(C)c(-c3ccccc3)c2c(=O)n1CCC(N)=O. The minimum Gasteiger partial charge on any atom is -0.370 e. The van der Waals surface area contributed by atoms with Crippen molar-refractivity contribution in [3.8, 4) is 11.1 Å². The van der Waals surface area contributed by atoms with Gasteiger partial charge < -0.3 is 5.73 Å². The lowest BCUT2D eigenvalue weighted by atomic mass is 10.0. The third kappa shape index (κ3) is 2.85. The predicted molar refractivity (Wildman–Crippen MR) is 97.2 cm³/mol. The van der Waals surface area contributed by atoms with E-state index in [1.165, 1.54) is 11.3 Å². The molecule has 0 fully saturated rings. The molecule has 2 N–H and O–H groups in total. The summed E-state index contributed by atoms with van der Waals surface area (Å²) in [4.78, 5) is 30.7. The summed E-state index contributed by atoms with van der Waals surface area (Å²) >= 11 is 1.53. The molecule has 3 rings (SSSR count). The van der Waals surface area contributed by atoms with Gasteiger partial charge in [-0.15, -0.1) is 11.3 Å². The van der Waals surface area contributed by atoms with Crippen LogP contribution in [0.25, 0.3) is 21.3 Å². The number of rotatable bonds is 5. The Hall–Kier alpha value is -2.47. The van der Waals surface area contributed by atoms with Gasteiger partial charge >= 0.3 is 0 Å². The van der Waals surface area contributed by atoms with Gasteiger partial charge in [-0.2, -0.15) is 0 Å². The molecule has 0 bridgehead atoms. The number of primary amides is 1. The van der Waals surface area contributed by atoms with E-state index in [0.717, 1.165) is 20.8 Å². The minimum absolute atomic E-state index is 0.0960. The van der Waals surface area contributed by atoms with Crippen LogP contribution < -0.4 is 11.3 Å². The molecule has 3 aromatic rings. The highest BCUT2D eigenvalue weighted by atomic mass is 32.1. The zero-order chi connectivity index (χ0) is 17.3. The van der Waals surface area contributed by atoms with Crippen molar-refractivity contribution in [3.63, 3.8) is 0 Å². The highest BCUT2D eigenvalue weighted by Crippen LogP contribution is 2.35. The molecule has 5 nitrogen and oxygen atoms in total. The summed E-state index contributed by atoms with van der Waals surface area (Å²) in [6, 6.07) is 9.85. The van der Waals surface area contributed by atoms with Crippen molar-refractivity contribution >= 4 is 27.5 Å². The molecule has 0 unspecified atom stereocenters. The summed E-state index contributed by atoms with van der Waals surface area (Å²) in [5.74, 6) is 0.267. The fraction of sp³-hybridized carbons (Fsp3) is 0.278. The number of nitrogens with two attached hydrogens (primary N) is 1. The van der Waals surface area contributed by atoms with Gasteiger partial charge in [-0.05, 0) is 12.5 Å². The van der Waals surface area contributed by atoms with E-state index in [1.807, 2.05) is 44.2 Å². The second-order valence-corrected chi connectivity index (χ2v) is 6.84. The molecule has 0 spiro atoms. The van der Waals surface area contributed by atoms with Crippen LogP contribution in [-0.2, 0) is 17.8 Å². The van der Waals surface area contributed by atoms with Gasteiger partial charge in [0.15, 0.2) is 0 Å². The molecule has 2 heterocycles. The molecule has 0 atom stereocenters. The van der Waals surface area contributed by atoms with Crippen molar-refractivity contribution < 1.29 is 4.79 Å². The lowest BCUT2D eigenvalue weighted by molar-refractivity contribution is -0.118. The summed E-state index contributed by atoms with van der Waals surface area (Å²) in [6.07, 6.45) is 0.755. The Bertz CT molecular complexity index is 958. The fourth-order valence-corrected chi connectivity index (χ4v) is 3.97. The number of hydrogen-bond donors (Lipinski definition) is 1. The Morgan fingerprint density at radius 1 is 1.29 bits per heavy atom. The number of hydrogen-bond acceptors (Lipinski definition) is 4. The predicted octanol–water partition coefficient (Wildman–Crippen LogP) is 2.87. The monoisotopic (exact) mass is 341 g/mol. The summed E-state index contributed by atoms with van der Waals surface area (Å²) in [7, 11) is 0. The number of carbonyl (C=O) groups is 1. The van der Waals surface area contributed by atoms with Crippen LogP contribution in [0.4, 0.5) is 0 Å². The minimum atomic E-state index is -0.422. The molecule has 0 saturated carbocycles. The lowest BCUT2D eigenvalue weighted by Crippen LogP contribution is -2.27. The third-order valence-corrected chi connectivity index (χ3v) is 5.03. The topological polar surface area (TPSA) is 78.0 Å². The van der Waals surface area contributed by atoms with Crippen LogP contribution >= 0.6 is 11.3 Å². The van der Waals surface area contributed by atoms with Gasteiger partial charge in [-0.25, -0.2) is 4.98 Å². The molecule has 6 heteroatoms. The smallest absolute Gasteiger partial charge is 0.262 e. The number of aromatic nitrogens is 2. The number of nitrogens with zero attached hydrogens (tertiary/aromatic N) is 2. The molecule has 24 heavy (non-hydrogen) atoms. The van der Waals surface area contributed by atoms with Crippen LogP contribution in [-0.4, -0.2) is 15.5 Å². The molecule has 2 aromatic heterocycles. The van der Waals surface area contributed by atoms with Crippen LogP contribution in [0.3, 0.4) is 0 Å². The average Bonchev–Trinajstić information content (AvgIpc) is 2.90. The van der Waals surface area contributed by atoms with Crippen molar-refractivity contribution in [2.45, 2.75) is 33.2 Å². The lowest BCUT2D eigenvalue weighted by Gasteiger charge is -2.11. The average molecular weight is 341 g/mol. The first kappa shape index (κ1) is 16.4. The normalized spacial score (nSPS) is 11.1. The molecular weight excluding hydrogens is 322 g/mol. The van der Waals surface area contributed by atoms with Crippen molar-refractivity contribution in [2.24, 2.45) is 5.73 Å². The standard InChI is InChI=1S/C18H19N3O2S/c1-3-14-20-17-16(18(23)21(14)10-9-13(19)22)15(11(2)24-17)12-7-5-4-6-8-12/h4-8H,3,9-10H2,1-2H3,(H2,19,22). The first-order valence-corrected chi connectivity index (χ1v) is 8.71. The first-order chi connectivity index (χ1) is 11.5. The Labute approximate surface area is 143 Å². The maximum Gasteiger partial charge on any atom is 0.262 e. The van der Waals surface area contributed by atoms with E-state index in [1.54, 1.807) is 4.57 Å². The van der Waals surface area contributed by atoms with Gasteiger partial charge in [0.05, 0.1) is 5.39 Å². The molecule has 0 aliphatic heterocycles. The third-order valence-electron chi connectivity index (χ3n) is 4.03. The quantitative estimate of drug-likeness (QED) is 0.775. The van der Waals surface area contributed by atoms with E-state index in [4.69, 9.17) is 5.73 Å². The van der Waals surface area contributed by atoms with E-state index >= 15 is 0 Å². The van der Waals surface area contributed by atoms with Gasteiger partial charge in [-0.1, -0.05) is 37.3 Å². The Morgan fingerprint density at radius 3 is 2.62 bits per heavy atom. The first-order valence-electron chi connectivity index (χ1n) is 7.89. The fourth-order valence-electron chi connectivity index (χ4n) is 2.91. The number of thiophene rings is 1. The van der Waals surface area contributed by atoms with Crippen molar-refractivity contribution in [2.75, 3.05) is 0 Å². The molecule has 1 aromatic carbocycles. The zero-order valence-corrected chi connectivity index (χ0v) is 14.5. The number of aryl methyl sites for hydroxylation is 2. The molecular formula is C18H19N3O2S. The van der Waals surface area contributed by atoms with E-state index in [9.17, 15) is 9.59 Å². The molecule has 0 radical (unpaired) electrons. The second-order valence-electron chi connectivity index (χ2n) is 5.63. The molecule has 0 aliphatic carbocycles. The molecule has 0 aliphatic rings. The summed E-state index contributed by atoms with van der Waals surface area (Å²) in [6.45, 7) is 4.23. The maximum atomic E-state index is 13.1.